The highest BCUT2D eigenvalue weighted by molar-refractivity contribution is 5.66. The molecule has 0 N–H and O–H groups in total. The first-order valence-electron chi connectivity index (χ1n) is 11.5. The maximum atomic E-state index is 15.0. The van der Waals surface area contributed by atoms with Crippen molar-refractivity contribution < 1.29 is 36.5 Å². The molecule has 4 rings (SSSR count). The lowest BCUT2D eigenvalue weighted by molar-refractivity contribution is -0.235. The van der Waals surface area contributed by atoms with Crippen molar-refractivity contribution >= 4 is 0 Å². The quantitative estimate of drug-likeness (QED) is 0.357. The Bertz CT molecular complexity index is 1030. The van der Waals surface area contributed by atoms with E-state index in [0.717, 1.165) is 0 Å². The highest BCUT2D eigenvalue weighted by Gasteiger charge is 2.34. The first kappa shape index (κ1) is 24.7. The Hall–Kier alpha value is -2.42. The average Bonchev–Trinajstić information content (AvgIpc) is 2.85. The topological polar surface area (TPSA) is 36.9 Å². The summed E-state index contributed by atoms with van der Waals surface area (Å²) in [7, 11) is 0. The van der Waals surface area contributed by atoms with Gasteiger partial charge < -0.3 is 18.9 Å². The molecule has 184 valence electrons. The molecule has 0 amide bonds. The summed E-state index contributed by atoms with van der Waals surface area (Å²) in [6, 6.07) is 4.98. The minimum absolute atomic E-state index is 0.00378. The summed E-state index contributed by atoms with van der Waals surface area (Å²) in [6.07, 6.45) is 4.08. The van der Waals surface area contributed by atoms with Gasteiger partial charge in [0.25, 0.3) is 0 Å². The monoisotopic (exact) mass is 480 g/mol. The Morgan fingerprint density at radius 1 is 0.853 bits per heavy atom. The lowest BCUT2D eigenvalue weighted by atomic mass is 9.92. The van der Waals surface area contributed by atoms with E-state index in [9.17, 15) is 17.6 Å². The summed E-state index contributed by atoms with van der Waals surface area (Å²) >= 11 is 0. The van der Waals surface area contributed by atoms with Gasteiger partial charge in [0.1, 0.15) is 0 Å². The fourth-order valence-corrected chi connectivity index (χ4v) is 4.45. The van der Waals surface area contributed by atoms with E-state index < -0.39 is 29.4 Å². The molecule has 2 fully saturated rings. The van der Waals surface area contributed by atoms with E-state index in [1.807, 2.05) is 19.1 Å². The number of hydrogen-bond acceptors (Lipinski definition) is 4. The molecule has 2 saturated heterocycles. The summed E-state index contributed by atoms with van der Waals surface area (Å²) < 4.78 is 81.1. The molecule has 2 aliphatic heterocycles. The molecule has 0 aromatic heterocycles. The molecular weight excluding hydrogens is 452 g/mol. The zero-order valence-electron chi connectivity index (χ0n) is 19.2. The molecular formula is C26H28F4O4. The van der Waals surface area contributed by atoms with Crippen LogP contribution in [0.1, 0.15) is 38.4 Å². The third-order valence-electron chi connectivity index (χ3n) is 6.21. The van der Waals surface area contributed by atoms with Crippen molar-refractivity contribution in [3.05, 3.63) is 65.2 Å². The molecule has 2 atom stereocenters. The van der Waals surface area contributed by atoms with Crippen molar-refractivity contribution in [2.24, 2.45) is 11.8 Å². The Morgan fingerprint density at radius 2 is 1.53 bits per heavy atom. The van der Waals surface area contributed by atoms with Gasteiger partial charge in [0.15, 0.2) is 29.5 Å². The summed E-state index contributed by atoms with van der Waals surface area (Å²) in [5, 5.41) is 0. The summed E-state index contributed by atoms with van der Waals surface area (Å²) in [5.41, 5.74) is -0.699. The van der Waals surface area contributed by atoms with Crippen LogP contribution in [0.3, 0.4) is 0 Å². The molecule has 2 heterocycles. The fraction of sp³-hybridized carbons (Fsp3) is 0.462. The molecule has 0 bridgehead atoms. The highest BCUT2D eigenvalue weighted by Crippen LogP contribution is 2.38. The second kappa shape index (κ2) is 10.9. The van der Waals surface area contributed by atoms with Crippen LogP contribution in [-0.4, -0.2) is 32.7 Å². The van der Waals surface area contributed by atoms with Crippen LogP contribution in [0.15, 0.2) is 36.4 Å². The summed E-state index contributed by atoms with van der Waals surface area (Å²) in [6.45, 7) is 5.14. The van der Waals surface area contributed by atoms with Gasteiger partial charge in [-0.2, -0.15) is 4.39 Å². The van der Waals surface area contributed by atoms with Crippen molar-refractivity contribution in [3.63, 3.8) is 0 Å². The van der Waals surface area contributed by atoms with Crippen LogP contribution < -0.4 is 4.74 Å². The van der Waals surface area contributed by atoms with Crippen molar-refractivity contribution in [3.8, 4) is 16.9 Å². The second-order valence-electron chi connectivity index (χ2n) is 8.48. The fourth-order valence-electron chi connectivity index (χ4n) is 4.45. The molecule has 0 aliphatic carbocycles. The lowest BCUT2D eigenvalue weighted by Gasteiger charge is -2.37. The number of rotatable bonds is 6. The first-order valence-corrected chi connectivity index (χ1v) is 11.5. The van der Waals surface area contributed by atoms with E-state index in [1.54, 1.807) is 6.92 Å². The van der Waals surface area contributed by atoms with E-state index >= 15 is 0 Å². The van der Waals surface area contributed by atoms with Gasteiger partial charge in [-0.1, -0.05) is 24.3 Å². The minimum atomic E-state index is -1.29. The zero-order valence-corrected chi connectivity index (χ0v) is 19.2. The molecule has 2 aliphatic rings. The number of ether oxygens (including phenoxy) is 4. The normalized spacial score (nSPS) is 25.6. The standard InChI is InChI=1S/C26H28F4O4/c1-3-5-15-12-33-26(34-13-15)16-6-10-20(32-14-16)19-8-7-17(22(27)24(19)29)18-9-11-21(31-4-2)25(30)23(18)28/h3,5,7-9,11,15-16,20,26H,4,6,10,12-14H2,1-2H3/t15?,16?,20-,26?/m0/s1. The summed E-state index contributed by atoms with van der Waals surface area (Å²) in [4.78, 5) is 0. The van der Waals surface area contributed by atoms with Crippen LogP contribution in [0, 0.1) is 35.1 Å². The largest absolute Gasteiger partial charge is 0.491 e. The van der Waals surface area contributed by atoms with Crippen LogP contribution in [-0.2, 0) is 14.2 Å². The van der Waals surface area contributed by atoms with Crippen LogP contribution in [0.25, 0.3) is 11.1 Å². The predicted octanol–water partition coefficient (Wildman–Crippen LogP) is 6.34. The average molecular weight is 480 g/mol. The van der Waals surface area contributed by atoms with Gasteiger partial charge in [0.05, 0.1) is 32.5 Å². The molecule has 0 saturated carbocycles. The Labute approximate surface area is 196 Å². The minimum Gasteiger partial charge on any atom is -0.491 e. The van der Waals surface area contributed by atoms with Crippen LogP contribution in [0.2, 0.25) is 0 Å². The maximum absolute atomic E-state index is 15.0. The number of benzene rings is 2. The Kier molecular flexibility index (Phi) is 7.91. The van der Waals surface area contributed by atoms with E-state index in [2.05, 4.69) is 0 Å². The van der Waals surface area contributed by atoms with Gasteiger partial charge in [-0.05, 0) is 38.8 Å². The highest BCUT2D eigenvalue weighted by atomic mass is 19.2. The number of allylic oxidation sites excluding steroid dienone is 1. The van der Waals surface area contributed by atoms with Gasteiger partial charge in [-0.15, -0.1) is 0 Å². The van der Waals surface area contributed by atoms with Crippen molar-refractivity contribution in [1.29, 1.82) is 0 Å². The van der Waals surface area contributed by atoms with Gasteiger partial charge in [-0.3, -0.25) is 0 Å². The van der Waals surface area contributed by atoms with Gasteiger partial charge in [0, 0.05) is 28.5 Å². The van der Waals surface area contributed by atoms with E-state index in [1.165, 1.54) is 24.3 Å². The first-order chi connectivity index (χ1) is 16.4. The lowest BCUT2D eigenvalue weighted by Crippen LogP contribution is -2.40. The summed E-state index contributed by atoms with van der Waals surface area (Å²) in [5.74, 6) is -4.98. The molecule has 34 heavy (non-hydrogen) atoms. The molecule has 2 aromatic carbocycles. The molecule has 8 heteroatoms. The van der Waals surface area contributed by atoms with Crippen molar-refractivity contribution in [2.45, 2.75) is 39.1 Å². The SMILES string of the molecule is CC=CC1COC(C2CC[C@@H](c3ccc(-c4ccc(OCC)c(F)c4F)c(F)c3F)OC2)OC1. The Morgan fingerprint density at radius 3 is 2.15 bits per heavy atom. The second-order valence-corrected chi connectivity index (χ2v) is 8.48. The van der Waals surface area contributed by atoms with E-state index in [0.29, 0.717) is 26.1 Å². The molecule has 2 aromatic rings. The molecule has 0 radical (unpaired) electrons. The number of halogens is 4. The van der Waals surface area contributed by atoms with Gasteiger partial charge >= 0.3 is 0 Å². The third kappa shape index (κ3) is 4.99. The van der Waals surface area contributed by atoms with E-state index in [-0.39, 0.29) is 53.8 Å². The van der Waals surface area contributed by atoms with Crippen molar-refractivity contribution in [2.75, 3.05) is 26.4 Å². The zero-order chi connectivity index (χ0) is 24.2. The Balaban J connectivity index is 1.45. The van der Waals surface area contributed by atoms with E-state index in [4.69, 9.17) is 18.9 Å². The predicted molar refractivity (Wildman–Crippen MR) is 118 cm³/mol. The third-order valence-corrected chi connectivity index (χ3v) is 6.21. The molecule has 4 nitrogen and oxygen atoms in total. The molecule has 1 unspecified atom stereocenters. The smallest absolute Gasteiger partial charge is 0.201 e. The van der Waals surface area contributed by atoms with Crippen LogP contribution in [0.5, 0.6) is 5.75 Å². The number of hydrogen-bond donors (Lipinski definition) is 0. The van der Waals surface area contributed by atoms with Crippen LogP contribution in [0.4, 0.5) is 17.6 Å². The molecule has 0 spiro atoms. The van der Waals surface area contributed by atoms with Gasteiger partial charge in [0.2, 0.25) is 5.82 Å². The van der Waals surface area contributed by atoms with Crippen LogP contribution >= 0.6 is 0 Å². The van der Waals surface area contributed by atoms with Gasteiger partial charge in [-0.25, -0.2) is 13.2 Å². The maximum Gasteiger partial charge on any atom is 0.201 e. The van der Waals surface area contributed by atoms with Crippen molar-refractivity contribution in [1.82, 2.24) is 0 Å².